The fourth-order valence-corrected chi connectivity index (χ4v) is 6.10. The highest BCUT2D eigenvalue weighted by Crippen LogP contribution is 2.39. The maximum absolute atomic E-state index is 12.6. The van der Waals surface area contributed by atoms with Crippen molar-refractivity contribution < 1.29 is 24.2 Å². The van der Waals surface area contributed by atoms with Gasteiger partial charge in [-0.2, -0.15) is 0 Å². The Morgan fingerprint density at radius 3 is 2.26 bits per heavy atom. The second kappa shape index (κ2) is 17.0. The Labute approximate surface area is 278 Å². The Kier molecular flexibility index (Phi) is 12.3. The first-order valence-electron chi connectivity index (χ1n) is 15.8. The molecule has 1 saturated heterocycles. The third-order valence-corrected chi connectivity index (χ3v) is 9.00. The van der Waals surface area contributed by atoms with E-state index in [4.69, 9.17) is 15.2 Å². The average Bonchev–Trinajstić information content (AvgIpc) is 3.51. The van der Waals surface area contributed by atoms with Gasteiger partial charge in [-0.25, -0.2) is 4.68 Å². The molecular weight excluding hydrogens is 618 g/mol. The van der Waals surface area contributed by atoms with E-state index in [9.17, 15) is 14.7 Å². The van der Waals surface area contributed by atoms with E-state index in [0.29, 0.717) is 47.2 Å². The van der Waals surface area contributed by atoms with Gasteiger partial charge in [-0.1, -0.05) is 73.1 Å². The highest BCUT2D eigenvalue weighted by atomic mass is 32.2. The van der Waals surface area contributed by atoms with Crippen LogP contribution in [0.2, 0.25) is 0 Å². The molecule has 0 radical (unpaired) electrons. The quantitative estimate of drug-likeness (QED) is 0.0723. The van der Waals surface area contributed by atoms with E-state index in [0.717, 1.165) is 42.4 Å². The van der Waals surface area contributed by atoms with E-state index >= 15 is 0 Å². The van der Waals surface area contributed by atoms with Crippen molar-refractivity contribution in [2.45, 2.75) is 75.2 Å². The van der Waals surface area contributed by atoms with Crippen LogP contribution < -0.4 is 16.4 Å². The summed E-state index contributed by atoms with van der Waals surface area (Å²) in [5.41, 5.74) is 10.4. The molecule has 2 heterocycles. The summed E-state index contributed by atoms with van der Waals surface area (Å²) < 4.78 is 14.4. The molecule has 1 aliphatic heterocycles. The summed E-state index contributed by atoms with van der Waals surface area (Å²) in [5.74, 6) is 0.528. The molecule has 12 nitrogen and oxygen atoms in total. The molecule has 3 aromatic carbocycles. The maximum Gasteiger partial charge on any atom is 0.224 e. The van der Waals surface area contributed by atoms with Gasteiger partial charge in [0.2, 0.25) is 17.0 Å². The fraction of sp³-hybridized carbons (Fsp3) is 0.382. The van der Waals surface area contributed by atoms with E-state index in [-0.39, 0.29) is 30.6 Å². The average molecular weight is 660 g/mol. The predicted molar refractivity (Wildman–Crippen MR) is 180 cm³/mol. The molecule has 1 fully saturated rings. The Morgan fingerprint density at radius 2 is 1.60 bits per heavy atom. The number of hydrogen-bond donors (Lipinski definition) is 4. The van der Waals surface area contributed by atoms with Crippen molar-refractivity contribution >= 4 is 40.6 Å². The van der Waals surface area contributed by atoms with Gasteiger partial charge in [0.1, 0.15) is 0 Å². The van der Waals surface area contributed by atoms with Crippen LogP contribution in [-0.2, 0) is 32.7 Å². The van der Waals surface area contributed by atoms with E-state index in [2.05, 4.69) is 26.2 Å². The minimum atomic E-state index is -0.605. The third-order valence-electron chi connectivity index (χ3n) is 7.85. The fourth-order valence-electron chi connectivity index (χ4n) is 5.23. The minimum absolute atomic E-state index is 0.0162. The number of amides is 2. The zero-order chi connectivity index (χ0) is 33.0. The number of ether oxygens (including phenoxy) is 2. The summed E-state index contributed by atoms with van der Waals surface area (Å²) in [7, 11) is 1.80. The first kappa shape index (κ1) is 34.0. The second-order valence-electron chi connectivity index (χ2n) is 11.5. The maximum atomic E-state index is 12.6. The number of nitrogens with zero attached hydrogens (tertiary/aromatic N) is 4. The molecular formula is C34H41N7O5S. The number of aliphatic hydroxyl groups excluding tert-OH is 1. The molecule has 5 N–H and O–H groups in total. The van der Waals surface area contributed by atoms with Crippen molar-refractivity contribution in [2.75, 3.05) is 22.1 Å². The van der Waals surface area contributed by atoms with Crippen molar-refractivity contribution in [1.82, 2.24) is 20.2 Å². The van der Waals surface area contributed by atoms with Crippen molar-refractivity contribution in [3.8, 4) is 0 Å². The van der Waals surface area contributed by atoms with Gasteiger partial charge in [-0.3, -0.25) is 9.59 Å². The first-order valence-corrected chi connectivity index (χ1v) is 16.8. The standard InChI is InChI=1S/C34H41N7O5S/c1-41-34(38-39-40-41)47-22-27-20-30(24-14-12-23(21-42)13-15-24)46-33(45-27)25-16-18-26(19-17-25)36-31(43)10-4-2-3-5-11-32(44)37-29-9-7-6-8-28(29)35/h6-9,12-19,27,30,33,42H,2-5,10-11,20-22,35H2,1H3,(H,36,43)(H,37,44). The van der Waals surface area contributed by atoms with Gasteiger partial charge in [-0.05, 0) is 58.7 Å². The van der Waals surface area contributed by atoms with Gasteiger partial charge in [0.05, 0.1) is 30.2 Å². The molecule has 2 amide bonds. The molecule has 0 aliphatic carbocycles. The topological polar surface area (TPSA) is 167 Å². The molecule has 1 aromatic heterocycles. The Hall–Kier alpha value is -4.30. The number of nitrogen functional groups attached to an aromatic ring is 1. The largest absolute Gasteiger partial charge is 0.397 e. The molecule has 1 aliphatic rings. The number of rotatable bonds is 15. The number of hydrogen-bond acceptors (Lipinski definition) is 10. The highest BCUT2D eigenvalue weighted by molar-refractivity contribution is 7.99. The van der Waals surface area contributed by atoms with Crippen LogP contribution in [0.15, 0.2) is 78.0 Å². The number of aromatic nitrogens is 4. The number of carbonyl (C=O) groups excluding carboxylic acids is 2. The number of aliphatic hydroxyl groups is 1. The van der Waals surface area contributed by atoms with Crippen LogP contribution in [-0.4, -0.2) is 49.0 Å². The smallest absolute Gasteiger partial charge is 0.224 e. The van der Waals surface area contributed by atoms with Crippen molar-refractivity contribution in [3.05, 3.63) is 89.5 Å². The lowest BCUT2D eigenvalue weighted by molar-refractivity contribution is -0.245. The van der Waals surface area contributed by atoms with Crippen molar-refractivity contribution in [1.29, 1.82) is 0 Å². The van der Waals surface area contributed by atoms with E-state index < -0.39 is 6.29 Å². The highest BCUT2D eigenvalue weighted by Gasteiger charge is 2.32. The van der Waals surface area contributed by atoms with Crippen LogP contribution in [0.25, 0.3) is 0 Å². The van der Waals surface area contributed by atoms with E-state index in [1.807, 2.05) is 60.7 Å². The second-order valence-corrected chi connectivity index (χ2v) is 12.5. The Balaban J connectivity index is 1.08. The number of benzene rings is 3. The van der Waals surface area contributed by atoms with Crippen LogP contribution >= 0.6 is 11.8 Å². The monoisotopic (exact) mass is 659 g/mol. The number of nitrogens with two attached hydrogens (primary N) is 1. The van der Waals surface area contributed by atoms with Gasteiger partial charge in [0, 0.05) is 43.3 Å². The lowest BCUT2D eigenvalue weighted by atomic mass is 10.0. The van der Waals surface area contributed by atoms with Crippen LogP contribution in [0.4, 0.5) is 17.1 Å². The van der Waals surface area contributed by atoms with Gasteiger partial charge < -0.3 is 30.9 Å². The molecule has 47 heavy (non-hydrogen) atoms. The third kappa shape index (κ3) is 10.1. The Bertz CT molecular complexity index is 1600. The SMILES string of the molecule is Cn1nnnc1SCC1CC(c2ccc(CO)cc2)OC(c2ccc(NC(=O)CCCCCCC(=O)Nc3ccccc3N)cc2)O1. The minimum Gasteiger partial charge on any atom is -0.397 e. The van der Waals surface area contributed by atoms with Crippen LogP contribution in [0.5, 0.6) is 0 Å². The first-order chi connectivity index (χ1) is 22.9. The molecule has 248 valence electrons. The molecule has 0 bridgehead atoms. The molecule has 3 unspecified atom stereocenters. The molecule has 3 atom stereocenters. The number of thioether (sulfide) groups is 1. The predicted octanol–water partition coefficient (Wildman–Crippen LogP) is 5.54. The van der Waals surface area contributed by atoms with E-state index in [1.165, 1.54) is 11.8 Å². The zero-order valence-electron chi connectivity index (χ0n) is 26.4. The van der Waals surface area contributed by atoms with Gasteiger partial charge in [0.25, 0.3) is 0 Å². The summed E-state index contributed by atoms with van der Waals surface area (Å²) in [6.07, 6.45) is 3.74. The van der Waals surface area contributed by atoms with Gasteiger partial charge >= 0.3 is 0 Å². The Morgan fingerprint density at radius 1 is 0.915 bits per heavy atom. The van der Waals surface area contributed by atoms with Crippen LogP contribution in [0, 0.1) is 0 Å². The van der Waals surface area contributed by atoms with Gasteiger partial charge in [0.15, 0.2) is 6.29 Å². The van der Waals surface area contributed by atoms with Crippen molar-refractivity contribution in [2.24, 2.45) is 7.05 Å². The summed E-state index contributed by atoms with van der Waals surface area (Å²) in [5, 5.41) is 27.6. The summed E-state index contributed by atoms with van der Waals surface area (Å²) in [6.45, 7) is -0.0162. The van der Waals surface area contributed by atoms with Gasteiger partial charge in [-0.15, -0.1) is 5.10 Å². The van der Waals surface area contributed by atoms with Crippen LogP contribution in [0.1, 0.15) is 74.0 Å². The zero-order valence-corrected chi connectivity index (χ0v) is 27.2. The molecule has 0 spiro atoms. The summed E-state index contributed by atoms with van der Waals surface area (Å²) in [6, 6.07) is 22.5. The lowest BCUT2D eigenvalue weighted by Crippen LogP contribution is -2.31. The van der Waals surface area contributed by atoms with Crippen molar-refractivity contribution in [3.63, 3.8) is 0 Å². The number of nitrogens with one attached hydrogen (secondary N) is 2. The normalized spacial score (nSPS) is 17.7. The lowest BCUT2D eigenvalue weighted by Gasteiger charge is -2.36. The number of aryl methyl sites for hydroxylation is 1. The van der Waals surface area contributed by atoms with Crippen LogP contribution in [0.3, 0.4) is 0 Å². The van der Waals surface area contributed by atoms with E-state index in [1.54, 1.807) is 23.9 Å². The number of para-hydroxylation sites is 2. The molecule has 5 rings (SSSR count). The molecule has 0 saturated carbocycles. The number of unbranched alkanes of at least 4 members (excludes halogenated alkanes) is 3. The number of anilines is 3. The molecule has 13 heteroatoms. The molecule has 4 aromatic rings. The number of tetrazole rings is 1. The summed E-state index contributed by atoms with van der Waals surface area (Å²) in [4.78, 5) is 24.8. The number of carbonyl (C=O) groups is 2. The summed E-state index contributed by atoms with van der Waals surface area (Å²) >= 11 is 1.53.